The Hall–Kier alpha value is -0.410. The van der Waals surface area contributed by atoms with E-state index in [-0.39, 0.29) is 16.8 Å². The van der Waals surface area contributed by atoms with Crippen LogP contribution in [-0.2, 0) is 5.41 Å². The summed E-state index contributed by atoms with van der Waals surface area (Å²) in [5.74, 6) is -0.206. The minimum Gasteiger partial charge on any atom is -0.325 e. The summed E-state index contributed by atoms with van der Waals surface area (Å²) in [5.41, 5.74) is 6.88. The molecule has 1 aromatic rings. The normalized spacial score (nSPS) is 19.0. The van der Waals surface area contributed by atoms with E-state index in [1.165, 1.54) is 0 Å². The molecule has 0 radical (unpaired) electrons. The van der Waals surface area contributed by atoms with Crippen molar-refractivity contribution in [2.24, 2.45) is 5.73 Å². The second-order valence-corrected chi connectivity index (χ2v) is 5.79. The molecule has 82 valence electrons. The van der Waals surface area contributed by atoms with Gasteiger partial charge in [-0.2, -0.15) is 0 Å². The predicted octanol–water partition coefficient (Wildman–Crippen LogP) is 3.36. The van der Waals surface area contributed by atoms with E-state index in [2.05, 4.69) is 15.9 Å². The molecule has 2 N–H and O–H groups in total. The Bertz CT molecular complexity index is 391. The fourth-order valence-electron chi connectivity index (χ4n) is 2.22. The summed E-state index contributed by atoms with van der Waals surface area (Å²) in [6.45, 7) is 4.03. The number of hydrogen-bond acceptors (Lipinski definition) is 1. The highest BCUT2D eigenvalue weighted by Crippen LogP contribution is 2.54. The SMILES string of the molecule is CC(C)(N)C1(c2ccc(Br)c(F)c2)CC1. The van der Waals surface area contributed by atoms with Crippen LogP contribution >= 0.6 is 15.9 Å². The standard InChI is InChI=1S/C12H15BrFN/c1-11(2,15)12(5-6-12)8-3-4-9(13)10(14)7-8/h3-4,7H,5-6,15H2,1-2H3. The van der Waals surface area contributed by atoms with E-state index in [1.54, 1.807) is 12.1 Å². The Balaban J connectivity index is 2.43. The van der Waals surface area contributed by atoms with Gasteiger partial charge < -0.3 is 5.73 Å². The monoisotopic (exact) mass is 271 g/mol. The highest BCUT2D eigenvalue weighted by atomic mass is 79.9. The Morgan fingerprint density at radius 3 is 2.40 bits per heavy atom. The molecule has 3 heteroatoms. The fraction of sp³-hybridized carbons (Fsp3) is 0.500. The lowest BCUT2D eigenvalue weighted by Crippen LogP contribution is -2.45. The van der Waals surface area contributed by atoms with Gasteiger partial charge in [0.1, 0.15) is 5.82 Å². The number of hydrogen-bond donors (Lipinski definition) is 1. The second-order valence-electron chi connectivity index (χ2n) is 4.93. The van der Waals surface area contributed by atoms with Crippen LogP contribution in [0.15, 0.2) is 22.7 Å². The largest absolute Gasteiger partial charge is 0.325 e. The molecule has 0 atom stereocenters. The Morgan fingerprint density at radius 1 is 1.40 bits per heavy atom. The van der Waals surface area contributed by atoms with Crippen LogP contribution in [0, 0.1) is 5.82 Å². The van der Waals surface area contributed by atoms with Crippen molar-refractivity contribution in [3.8, 4) is 0 Å². The lowest BCUT2D eigenvalue weighted by molar-refractivity contribution is 0.390. The molecule has 0 bridgehead atoms. The van der Waals surface area contributed by atoms with Crippen LogP contribution in [0.4, 0.5) is 4.39 Å². The molecule has 0 aliphatic heterocycles. The molecule has 1 fully saturated rings. The summed E-state index contributed by atoms with van der Waals surface area (Å²) < 4.78 is 13.9. The first kappa shape index (κ1) is 11.1. The molecule has 1 nitrogen and oxygen atoms in total. The first-order valence-corrected chi connectivity index (χ1v) is 5.90. The van der Waals surface area contributed by atoms with Crippen LogP contribution in [0.3, 0.4) is 0 Å². The van der Waals surface area contributed by atoms with Gasteiger partial charge in [-0.05, 0) is 60.3 Å². The lowest BCUT2D eigenvalue weighted by atomic mass is 9.79. The van der Waals surface area contributed by atoms with Crippen LogP contribution in [0.25, 0.3) is 0 Å². The summed E-state index contributed by atoms with van der Waals surface area (Å²) in [5, 5.41) is 0. The number of benzene rings is 1. The summed E-state index contributed by atoms with van der Waals surface area (Å²) in [6, 6.07) is 5.33. The third kappa shape index (κ3) is 1.72. The zero-order chi connectivity index (χ0) is 11.3. The molecule has 1 saturated carbocycles. The van der Waals surface area contributed by atoms with Crippen LogP contribution in [0.1, 0.15) is 32.3 Å². The van der Waals surface area contributed by atoms with E-state index in [1.807, 2.05) is 19.9 Å². The quantitative estimate of drug-likeness (QED) is 0.877. The van der Waals surface area contributed by atoms with Gasteiger partial charge in [-0.3, -0.25) is 0 Å². The third-order valence-corrected chi connectivity index (χ3v) is 4.10. The molecule has 0 heterocycles. The smallest absolute Gasteiger partial charge is 0.137 e. The van der Waals surface area contributed by atoms with Crippen molar-refractivity contribution in [1.82, 2.24) is 0 Å². The van der Waals surface area contributed by atoms with Crippen molar-refractivity contribution in [3.63, 3.8) is 0 Å². The predicted molar refractivity (Wildman–Crippen MR) is 63.3 cm³/mol. The van der Waals surface area contributed by atoms with Gasteiger partial charge in [0.15, 0.2) is 0 Å². The van der Waals surface area contributed by atoms with Crippen molar-refractivity contribution >= 4 is 15.9 Å². The van der Waals surface area contributed by atoms with Gasteiger partial charge in [-0.25, -0.2) is 4.39 Å². The van der Waals surface area contributed by atoms with Crippen LogP contribution < -0.4 is 5.73 Å². The van der Waals surface area contributed by atoms with Gasteiger partial charge in [0.2, 0.25) is 0 Å². The minimum absolute atomic E-state index is 0.0193. The van der Waals surface area contributed by atoms with E-state index >= 15 is 0 Å². The van der Waals surface area contributed by atoms with Crippen molar-refractivity contribution in [2.45, 2.75) is 37.6 Å². The molecule has 1 aliphatic rings. The fourth-order valence-corrected chi connectivity index (χ4v) is 2.47. The molecule has 0 spiro atoms. The zero-order valence-electron chi connectivity index (χ0n) is 8.98. The minimum atomic E-state index is -0.284. The van der Waals surface area contributed by atoms with Crippen molar-refractivity contribution in [2.75, 3.05) is 0 Å². The second kappa shape index (κ2) is 3.29. The highest BCUT2D eigenvalue weighted by Gasteiger charge is 2.53. The number of nitrogens with two attached hydrogens (primary N) is 1. The van der Waals surface area contributed by atoms with Crippen molar-refractivity contribution in [3.05, 3.63) is 34.1 Å². The molecule has 0 aromatic heterocycles. The molecular formula is C12H15BrFN. The Labute approximate surface area is 98.0 Å². The number of rotatable bonds is 2. The average Bonchev–Trinajstić information content (AvgIpc) is 2.88. The molecule has 0 saturated heterocycles. The van der Waals surface area contributed by atoms with Gasteiger partial charge in [0.05, 0.1) is 4.47 Å². The van der Waals surface area contributed by atoms with Crippen LogP contribution in [0.2, 0.25) is 0 Å². The first-order valence-electron chi connectivity index (χ1n) is 5.11. The van der Waals surface area contributed by atoms with Gasteiger partial charge in [-0.15, -0.1) is 0 Å². The van der Waals surface area contributed by atoms with E-state index < -0.39 is 0 Å². The van der Waals surface area contributed by atoms with Crippen molar-refractivity contribution < 1.29 is 4.39 Å². The van der Waals surface area contributed by atoms with E-state index in [4.69, 9.17) is 5.73 Å². The van der Waals surface area contributed by atoms with E-state index in [0.29, 0.717) is 4.47 Å². The molecule has 15 heavy (non-hydrogen) atoms. The molecule has 1 aromatic carbocycles. The van der Waals surface area contributed by atoms with E-state index in [0.717, 1.165) is 18.4 Å². The number of halogens is 2. The molecule has 0 amide bonds. The maximum atomic E-state index is 13.4. The lowest BCUT2D eigenvalue weighted by Gasteiger charge is -2.31. The van der Waals surface area contributed by atoms with Crippen molar-refractivity contribution in [1.29, 1.82) is 0 Å². The van der Waals surface area contributed by atoms with Gasteiger partial charge in [0.25, 0.3) is 0 Å². The average molecular weight is 272 g/mol. The van der Waals surface area contributed by atoms with E-state index in [9.17, 15) is 4.39 Å². The van der Waals surface area contributed by atoms with Gasteiger partial charge in [0, 0.05) is 11.0 Å². The third-order valence-electron chi connectivity index (χ3n) is 3.46. The summed E-state index contributed by atoms with van der Waals surface area (Å²) in [7, 11) is 0. The molecule has 2 rings (SSSR count). The zero-order valence-corrected chi connectivity index (χ0v) is 10.6. The molecule has 0 unspecified atom stereocenters. The van der Waals surface area contributed by atoms with Gasteiger partial charge >= 0.3 is 0 Å². The topological polar surface area (TPSA) is 26.0 Å². The summed E-state index contributed by atoms with van der Waals surface area (Å²) in [6.07, 6.45) is 2.11. The van der Waals surface area contributed by atoms with Gasteiger partial charge in [-0.1, -0.05) is 6.07 Å². The first-order chi connectivity index (χ1) is 6.87. The highest BCUT2D eigenvalue weighted by molar-refractivity contribution is 9.10. The maximum absolute atomic E-state index is 13.4. The Morgan fingerprint density at radius 2 is 2.00 bits per heavy atom. The van der Waals surface area contributed by atoms with Crippen LogP contribution in [0.5, 0.6) is 0 Å². The maximum Gasteiger partial charge on any atom is 0.137 e. The van der Waals surface area contributed by atoms with Crippen LogP contribution in [-0.4, -0.2) is 5.54 Å². The Kier molecular flexibility index (Phi) is 2.43. The molecular weight excluding hydrogens is 257 g/mol. The summed E-state index contributed by atoms with van der Waals surface area (Å²) in [4.78, 5) is 0. The molecule has 1 aliphatic carbocycles. The summed E-state index contributed by atoms with van der Waals surface area (Å²) >= 11 is 3.16.